The van der Waals surface area contributed by atoms with E-state index in [1.807, 2.05) is 35.7 Å². The van der Waals surface area contributed by atoms with Crippen molar-refractivity contribution in [2.24, 2.45) is 0 Å². The molecule has 0 aliphatic rings. The molecule has 0 spiro atoms. The van der Waals surface area contributed by atoms with E-state index in [2.05, 4.69) is 15.3 Å². The number of nitrogen functional groups attached to an aromatic ring is 1. The summed E-state index contributed by atoms with van der Waals surface area (Å²) in [6, 6.07) is 15.8. The Kier molecular flexibility index (Phi) is 3.55. The maximum atomic E-state index is 13.0. The number of anilines is 1. The summed E-state index contributed by atoms with van der Waals surface area (Å²) in [5.41, 5.74) is 9.16. The van der Waals surface area contributed by atoms with E-state index < -0.39 is 0 Å². The number of thiazole rings is 1. The fourth-order valence-electron chi connectivity index (χ4n) is 2.34. The number of nitrogens with two attached hydrogens (primary N) is 1. The number of para-hydroxylation sites is 1. The van der Waals surface area contributed by atoms with Gasteiger partial charge in [-0.2, -0.15) is 4.68 Å². The molecular formula is C17H12FN5S. The van der Waals surface area contributed by atoms with Crippen molar-refractivity contribution in [2.45, 2.75) is 0 Å². The topological polar surface area (TPSA) is 69.6 Å². The Labute approximate surface area is 141 Å². The lowest BCUT2D eigenvalue weighted by atomic mass is 10.2. The van der Waals surface area contributed by atoms with Crippen LogP contribution < -0.4 is 5.73 Å². The van der Waals surface area contributed by atoms with E-state index in [4.69, 9.17) is 5.73 Å². The second-order valence-electron chi connectivity index (χ2n) is 5.12. The summed E-state index contributed by atoms with van der Waals surface area (Å²) in [5, 5.41) is 10.8. The molecule has 0 bridgehead atoms. The number of nitrogens with zero attached hydrogens (tertiary/aromatic N) is 4. The fourth-order valence-corrected chi connectivity index (χ4v) is 3.16. The van der Waals surface area contributed by atoms with Crippen molar-refractivity contribution in [3.8, 4) is 27.6 Å². The van der Waals surface area contributed by atoms with Crippen LogP contribution in [0, 0.1) is 5.82 Å². The van der Waals surface area contributed by atoms with Crippen molar-refractivity contribution in [1.29, 1.82) is 0 Å². The maximum Gasteiger partial charge on any atom is 0.165 e. The first-order valence-corrected chi connectivity index (χ1v) is 8.09. The Morgan fingerprint density at radius 3 is 2.50 bits per heavy atom. The highest BCUT2D eigenvalue weighted by Gasteiger charge is 2.16. The number of rotatable bonds is 3. The minimum Gasteiger partial charge on any atom is -0.382 e. The summed E-state index contributed by atoms with van der Waals surface area (Å²) in [6.07, 6.45) is 0. The van der Waals surface area contributed by atoms with E-state index >= 15 is 0 Å². The zero-order valence-electron chi connectivity index (χ0n) is 12.4. The van der Waals surface area contributed by atoms with Crippen LogP contribution in [0.3, 0.4) is 0 Å². The van der Waals surface area contributed by atoms with Gasteiger partial charge >= 0.3 is 0 Å². The number of hydrogen-bond acceptors (Lipinski definition) is 5. The molecule has 0 radical (unpaired) electrons. The molecule has 24 heavy (non-hydrogen) atoms. The van der Waals surface area contributed by atoms with E-state index in [0.717, 1.165) is 16.9 Å². The van der Waals surface area contributed by atoms with Gasteiger partial charge in [-0.3, -0.25) is 0 Å². The third-order valence-electron chi connectivity index (χ3n) is 3.55. The third kappa shape index (κ3) is 2.55. The molecule has 0 saturated carbocycles. The average molecular weight is 337 g/mol. The first-order valence-electron chi connectivity index (χ1n) is 7.21. The standard InChI is InChI=1S/C17H12FN5S/c18-12-8-6-11(7-9-12)14-10-24-17(20-14)15-16(19)23(22-21-15)13-4-2-1-3-5-13/h1-10H,19H2. The molecule has 0 saturated heterocycles. The van der Waals surface area contributed by atoms with Crippen molar-refractivity contribution in [2.75, 3.05) is 5.73 Å². The molecule has 2 aromatic heterocycles. The Morgan fingerprint density at radius 1 is 1.00 bits per heavy atom. The van der Waals surface area contributed by atoms with Gasteiger partial charge in [0.05, 0.1) is 11.4 Å². The first-order chi connectivity index (χ1) is 11.7. The first kappa shape index (κ1) is 14.5. The quantitative estimate of drug-likeness (QED) is 0.618. The normalized spacial score (nSPS) is 10.9. The molecule has 118 valence electrons. The molecule has 4 rings (SSSR count). The van der Waals surface area contributed by atoms with Crippen LogP contribution in [0.5, 0.6) is 0 Å². The molecular weight excluding hydrogens is 325 g/mol. The van der Waals surface area contributed by atoms with Gasteiger partial charge in [0.1, 0.15) is 10.8 Å². The van der Waals surface area contributed by atoms with Crippen LogP contribution >= 0.6 is 11.3 Å². The highest BCUT2D eigenvalue weighted by Crippen LogP contribution is 2.31. The zero-order valence-corrected chi connectivity index (χ0v) is 13.2. The predicted molar refractivity (Wildman–Crippen MR) is 92.3 cm³/mol. The van der Waals surface area contributed by atoms with E-state index in [0.29, 0.717) is 16.5 Å². The SMILES string of the molecule is Nc1c(-c2nc(-c3ccc(F)cc3)cs2)nnn1-c1ccccc1. The highest BCUT2D eigenvalue weighted by atomic mass is 32.1. The Morgan fingerprint density at radius 2 is 1.75 bits per heavy atom. The minimum atomic E-state index is -0.274. The summed E-state index contributed by atoms with van der Waals surface area (Å²) < 4.78 is 14.6. The van der Waals surface area contributed by atoms with Crippen molar-refractivity contribution < 1.29 is 4.39 Å². The van der Waals surface area contributed by atoms with Crippen molar-refractivity contribution in [3.63, 3.8) is 0 Å². The van der Waals surface area contributed by atoms with E-state index in [1.165, 1.54) is 23.5 Å². The van der Waals surface area contributed by atoms with E-state index in [-0.39, 0.29) is 5.82 Å². The number of aromatic nitrogens is 4. The number of hydrogen-bond donors (Lipinski definition) is 1. The van der Waals surface area contributed by atoms with Crippen LogP contribution in [0.15, 0.2) is 60.0 Å². The van der Waals surface area contributed by atoms with Gasteiger partial charge < -0.3 is 5.73 Å². The van der Waals surface area contributed by atoms with Crippen LogP contribution in [-0.4, -0.2) is 20.0 Å². The summed E-state index contributed by atoms with van der Waals surface area (Å²) in [5.74, 6) is 0.158. The number of halogens is 1. The molecule has 2 aromatic carbocycles. The van der Waals surface area contributed by atoms with Gasteiger partial charge in [0, 0.05) is 10.9 Å². The van der Waals surface area contributed by atoms with Crippen LogP contribution in [-0.2, 0) is 0 Å². The minimum absolute atomic E-state index is 0.274. The lowest BCUT2D eigenvalue weighted by Gasteiger charge is -2.01. The molecule has 5 nitrogen and oxygen atoms in total. The Bertz CT molecular complexity index is 976. The molecule has 0 amide bonds. The average Bonchev–Trinajstić information content (AvgIpc) is 3.23. The molecule has 0 unspecified atom stereocenters. The summed E-state index contributed by atoms with van der Waals surface area (Å²) >= 11 is 1.42. The fraction of sp³-hybridized carbons (Fsp3) is 0. The molecule has 2 N–H and O–H groups in total. The lowest BCUT2D eigenvalue weighted by Crippen LogP contribution is -2.01. The molecule has 0 atom stereocenters. The maximum absolute atomic E-state index is 13.0. The molecule has 4 aromatic rings. The smallest absolute Gasteiger partial charge is 0.165 e. The molecule has 2 heterocycles. The Balaban J connectivity index is 1.71. The van der Waals surface area contributed by atoms with Gasteiger partial charge in [0.25, 0.3) is 0 Å². The molecule has 0 fully saturated rings. The molecule has 0 aliphatic carbocycles. The Hall–Kier alpha value is -3.06. The van der Waals surface area contributed by atoms with Crippen LogP contribution in [0.25, 0.3) is 27.6 Å². The summed E-state index contributed by atoms with van der Waals surface area (Å²) in [7, 11) is 0. The van der Waals surface area contributed by atoms with Gasteiger partial charge in [-0.05, 0) is 36.4 Å². The van der Waals surface area contributed by atoms with Crippen molar-refractivity contribution in [1.82, 2.24) is 20.0 Å². The van der Waals surface area contributed by atoms with Gasteiger partial charge in [0.2, 0.25) is 0 Å². The second kappa shape index (κ2) is 5.86. The third-order valence-corrected chi connectivity index (χ3v) is 4.40. The van der Waals surface area contributed by atoms with Gasteiger partial charge in [-0.25, -0.2) is 9.37 Å². The predicted octanol–water partition coefficient (Wildman–Crippen LogP) is 3.78. The van der Waals surface area contributed by atoms with Crippen molar-refractivity contribution in [3.05, 3.63) is 65.8 Å². The van der Waals surface area contributed by atoms with Gasteiger partial charge in [-0.15, -0.1) is 16.4 Å². The molecule has 7 heteroatoms. The van der Waals surface area contributed by atoms with Crippen molar-refractivity contribution >= 4 is 17.2 Å². The molecule has 0 aliphatic heterocycles. The second-order valence-corrected chi connectivity index (χ2v) is 5.97. The van der Waals surface area contributed by atoms with Crippen LogP contribution in [0.2, 0.25) is 0 Å². The largest absolute Gasteiger partial charge is 0.382 e. The number of benzene rings is 2. The van der Waals surface area contributed by atoms with Crippen LogP contribution in [0.1, 0.15) is 0 Å². The van der Waals surface area contributed by atoms with E-state index in [9.17, 15) is 4.39 Å². The van der Waals surface area contributed by atoms with E-state index in [1.54, 1.807) is 16.8 Å². The van der Waals surface area contributed by atoms with Crippen LogP contribution in [0.4, 0.5) is 10.2 Å². The van der Waals surface area contributed by atoms with Gasteiger partial charge in [-0.1, -0.05) is 23.4 Å². The summed E-state index contributed by atoms with van der Waals surface area (Å²) in [6.45, 7) is 0. The zero-order chi connectivity index (χ0) is 16.5. The monoisotopic (exact) mass is 337 g/mol. The van der Waals surface area contributed by atoms with Gasteiger partial charge in [0.15, 0.2) is 11.5 Å². The summed E-state index contributed by atoms with van der Waals surface area (Å²) in [4.78, 5) is 4.55. The lowest BCUT2D eigenvalue weighted by molar-refractivity contribution is 0.628. The highest BCUT2D eigenvalue weighted by molar-refractivity contribution is 7.13.